The third kappa shape index (κ3) is 2.79. The van der Waals surface area contributed by atoms with Crippen LogP contribution in [0.15, 0.2) is 41.7 Å². The van der Waals surface area contributed by atoms with Crippen LogP contribution in [0.4, 0.5) is 0 Å². The van der Waals surface area contributed by atoms with Crippen molar-refractivity contribution in [3.05, 3.63) is 75.1 Å². The van der Waals surface area contributed by atoms with Gasteiger partial charge in [-0.1, -0.05) is 29.8 Å². The molecule has 2 rings (SSSR count). The van der Waals surface area contributed by atoms with Crippen LogP contribution in [-0.2, 0) is 6.54 Å². The van der Waals surface area contributed by atoms with E-state index in [4.69, 9.17) is 0 Å². The van der Waals surface area contributed by atoms with Gasteiger partial charge in [-0.25, -0.2) is 0 Å². The lowest BCUT2D eigenvalue weighted by molar-refractivity contribution is 0.103. The minimum absolute atomic E-state index is 0.00766. The van der Waals surface area contributed by atoms with Gasteiger partial charge in [0.15, 0.2) is 5.78 Å². The molecule has 1 aromatic carbocycles. The van der Waals surface area contributed by atoms with Gasteiger partial charge in [-0.3, -0.25) is 14.2 Å². The maximum absolute atomic E-state index is 12.8. The van der Waals surface area contributed by atoms with Crippen LogP contribution in [0.2, 0.25) is 0 Å². The summed E-state index contributed by atoms with van der Waals surface area (Å²) in [4.78, 5) is 25.0. The van der Waals surface area contributed by atoms with E-state index in [2.05, 4.69) is 6.58 Å². The van der Waals surface area contributed by atoms with Crippen LogP contribution in [0.5, 0.6) is 5.88 Å². The van der Waals surface area contributed by atoms with E-state index in [1.54, 1.807) is 18.2 Å². The molecule has 0 saturated carbocycles. The molecular weight excluding hydrogens is 292 g/mol. The maximum Gasteiger partial charge on any atom is 0.271 e. The summed E-state index contributed by atoms with van der Waals surface area (Å²) in [5.41, 5.74) is 0.642. The molecule has 0 radical (unpaired) electrons. The zero-order valence-corrected chi connectivity index (χ0v) is 13.0. The molecule has 0 bridgehead atoms. The SMILES string of the molecule is C=CCn1c(O)c(C(=O)c2cccc(C)c2)c(C)c(C#N)c1=O. The van der Waals surface area contributed by atoms with Crippen molar-refractivity contribution < 1.29 is 9.90 Å². The number of pyridine rings is 1. The highest BCUT2D eigenvalue weighted by atomic mass is 16.3. The second-order valence-corrected chi connectivity index (χ2v) is 5.21. The van der Waals surface area contributed by atoms with Crippen LogP contribution in [0.25, 0.3) is 0 Å². The van der Waals surface area contributed by atoms with Crippen LogP contribution in [0, 0.1) is 25.2 Å². The van der Waals surface area contributed by atoms with Gasteiger partial charge in [0.2, 0.25) is 5.88 Å². The Hall–Kier alpha value is -3.13. The number of aryl methyl sites for hydroxylation is 1. The summed E-state index contributed by atoms with van der Waals surface area (Å²) >= 11 is 0. The average molecular weight is 308 g/mol. The molecule has 5 nitrogen and oxygen atoms in total. The highest BCUT2D eigenvalue weighted by Crippen LogP contribution is 2.25. The molecule has 0 aliphatic heterocycles. The number of allylic oxidation sites excluding steroid dienone is 1. The molecule has 23 heavy (non-hydrogen) atoms. The highest BCUT2D eigenvalue weighted by molar-refractivity contribution is 6.11. The molecule has 0 atom stereocenters. The quantitative estimate of drug-likeness (QED) is 0.694. The van der Waals surface area contributed by atoms with Crippen LogP contribution in [-0.4, -0.2) is 15.5 Å². The van der Waals surface area contributed by atoms with Crippen molar-refractivity contribution in [2.45, 2.75) is 20.4 Å². The summed E-state index contributed by atoms with van der Waals surface area (Å²) in [6.45, 7) is 6.87. The van der Waals surface area contributed by atoms with Crippen LogP contribution < -0.4 is 5.56 Å². The fourth-order valence-corrected chi connectivity index (χ4v) is 2.45. The first kappa shape index (κ1) is 16.2. The molecular formula is C18H16N2O3. The van der Waals surface area contributed by atoms with Crippen molar-refractivity contribution in [3.63, 3.8) is 0 Å². The van der Waals surface area contributed by atoms with E-state index in [0.717, 1.165) is 10.1 Å². The average Bonchev–Trinajstić information content (AvgIpc) is 2.52. The van der Waals surface area contributed by atoms with Crippen molar-refractivity contribution in [1.82, 2.24) is 4.57 Å². The number of hydrogen-bond donors (Lipinski definition) is 1. The van der Waals surface area contributed by atoms with E-state index in [9.17, 15) is 20.0 Å². The van der Waals surface area contributed by atoms with E-state index in [0.29, 0.717) is 5.56 Å². The molecule has 0 aliphatic rings. The molecule has 0 unspecified atom stereocenters. The zero-order chi connectivity index (χ0) is 17.1. The van der Waals surface area contributed by atoms with Crippen LogP contribution in [0.3, 0.4) is 0 Å². The van der Waals surface area contributed by atoms with E-state index >= 15 is 0 Å². The third-order valence-electron chi connectivity index (χ3n) is 3.62. The van der Waals surface area contributed by atoms with Crippen molar-refractivity contribution >= 4 is 5.78 Å². The number of aromatic nitrogens is 1. The molecule has 1 N–H and O–H groups in total. The minimum Gasteiger partial charge on any atom is -0.494 e. The highest BCUT2D eigenvalue weighted by Gasteiger charge is 2.24. The molecule has 0 spiro atoms. The van der Waals surface area contributed by atoms with Gasteiger partial charge in [0.05, 0.1) is 5.56 Å². The lowest BCUT2D eigenvalue weighted by atomic mass is 9.96. The Bertz CT molecular complexity index is 902. The summed E-state index contributed by atoms with van der Waals surface area (Å²) in [5.74, 6) is -0.879. The van der Waals surface area contributed by atoms with Gasteiger partial charge in [-0.2, -0.15) is 5.26 Å². The van der Waals surface area contributed by atoms with Gasteiger partial charge in [0.25, 0.3) is 5.56 Å². The maximum atomic E-state index is 12.8. The van der Waals surface area contributed by atoms with Crippen LogP contribution in [0.1, 0.15) is 32.6 Å². The second-order valence-electron chi connectivity index (χ2n) is 5.21. The minimum atomic E-state index is -0.636. The number of ketones is 1. The predicted molar refractivity (Wildman–Crippen MR) is 86.6 cm³/mol. The van der Waals surface area contributed by atoms with Crippen LogP contribution >= 0.6 is 0 Å². The third-order valence-corrected chi connectivity index (χ3v) is 3.62. The standard InChI is InChI=1S/C18H16N2O3/c1-4-8-20-17(22)14(10-19)12(3)15(18(20)23)16(21)13-7-5-6-11(2)9-13/h4-7,9,23H,1,8H2,2-3H3. The monoisotopic (exact) mass is 308 g/mol. The topological polar surface area (TPSA) is 83.1 Å². The molecule has 5 heteroatoms. The summed E-state index contributed by atoms with van der Waals surface area (Å²) in [7, 11) is 0. The second kappa shape index (κ2) is 6.32. The van der Waals surface area contributed by atoms with E-state index in [1.807, 2.05) is 19.1 Å². The summed E-state index contributed by atoms with van der Waals surface area (Å²) in [5, 5.41) is 19.6. The molecule has 116 valence electrons. The van der Waals surface area contributed by atoms with Gasteiger partial charge >= 0.3 is 0 Å². The zero-order valence-electron chi connectivity index (χ0n) is 13.0. The van der Waals surface area contributed by atoms with Gasteiger partial charge < -0.3 is 5.11 Å². The number of nitrogens with zero attached hydrogens (tertiary/aromatic N) is 2. The lowest BCUT2D eigenvalue weighted by Gasteiger charge is -2.14. The molecule has 1 heterocycles. The van der Waals surface area contributed by atoms with Crippen molar-refractivity contribution in [3.8, 4) is 11.9 Å². The molecule has 0 fully saturated rings. The Morgan fingerprint density at radius 3 is 2.70 bits per heavy atom. The van der Waals surface area contributed by atoms with Crippen molar-refractivity contribution in [2.75, 3.05) is 0 Å². The number of carbonyl (C=O) groups is 1. The molecule has 1 aromatic heterocycles. The first-order valence-corrected chi connectivity index (χ1v) is 7.01. The van der Waals surface area contributed by atoms with Gasteiger partial charge in [-0.15, -0.1) is 6.58 Å². The number of hydrogen-bond acceptors (Lipinski definition) is 4. The Morgan fingerprint density at radius 2 is 2.13 bits per heavy atom. The number of benzene rings is 1. The predicted octanol–water partition coefficient (Wildman–Crippen LogP) is 2.46. The van der Waals surface area contributed by atoms with Crippen molar-refractivity contribution in [1.29, 1.82) is 5.26 Å². The molecule has 2 aromatic rings. The largest absolute Gasteiger partial charge is 0.494 e. The number of aromatic hydroxyl groups is 1. The fraction of sp³-hybridized carbons (Fsp3) is 0.167. The summed E-state index contributed by atoms with van der Waals surface area (Å²) in [6, 6.07) is 8.72. The van der Waals surface area contributed by atoms with Gasteiger partial charge in [0, 0.05) is 12.1 Å². The first-order chi connectivity index (χ1) is 10.9. The smallest absolute Gasteiger partial charge is 0.271 e. The Kier molecular flexibility index (Phi) is 4.47. The Morgan fingerprint density at radius 1 is 1.43 bits per heavy atom. The molecule has 0 saturated heterocycles. The number of rotatable bonds is 4. The normalized spacial score (nSPS) is 10.1. The van der Waals surface area contributed by atoms with E-state index in [1.165, 1.54) is 13.0 Å². The van der Waals surface area contributed by atoms with Gasteiger partial charge in [-0.05, 0) is 25.5 Å². The van der Waals surface area contributed by atoms with E-state index in [-0.39, 0.29) is 23.2 Å². The lowest BCUT2D eigenvalue weighted by Crippen LogP contribution is -2.26. The fourth-order valence-electron chi connectivity index (χ4n) is 2.45. The van der Waals surface area contributed by atoms with Crippen molar-refractivity contribution in [2.24, 2.45) is 0 Å². The van der Waals surface area contributed by atoms with Gasteiger partial charge in [0.1, 0.15) is 11.6 Å². The summed E-state index contributed by atoms with van der Waals surface area (Å²) < 4.78 is 0.974. The number of nitriles is 1. The van der Waals surface area contributed by atoms with E-state index < -0.39 is 17.2 Å². The Balaban J connectivity index is 2.79. The first-order valence-electron chi connectivity index (χ1n) is 7.01. The summed E-state index contributed by atoms with van der Waals surface area (Å²) in [6.07, 6.45) is 1.42. The Labute approximate surface area is 133 Å². The molecule has 0 aliphatic carbocycles. The number of carbonyl (C=O) groups excluding carboxylic acids is 1. The molecule has 0 amide bonds.